The van der Waals surface area contributed by atoms with E-state index < -0.39 is 0 Å². The van der Waals surface area contributed by atoms with Gasteiger partial charge in [-0.15, -0.1) is 11.3 Å². The number of anilines is 1. The Morgan fingerprint density at radius 3 is 2.84 bits per heavy atom. The average Bonchev–Trinajstić information content (AvgIpc) is 2.92. The van der Waals surface area contributed by atoms with Gasteiger partial charge in [-0.1, -0.05) is 6.07 Å². The first kappa shape index (κ1) is 13.5. The highest BCUT2D eigenvalue weighted by molar-refractivity contribution is 7.09. The van der Waals surface area contributed by atoms with Gasteiger partial charge in [0.15, 0.2) is 0 Å². The van der Waals surface area contributed by atoms with Crippen molar-refractivity contribution in [2.24, 2.45) is 0 Å². The lowest BCUT2D eigenvalue weighted by Gasteiger charge is -2.17. The van der Waals surface area contributed by atoms with Crippen molar-refractivity contribution in [3.8, 4) is 0 Å². The molecule has 0 amide bonds. The first-order valence-electron chi connectivity index (χ1n) is 6.07. The standard InChI is InChI=1S/C14H16N2O2S/c1-3-18-14(17)11-6-7-13(15-9-11)16(2)10-12-5-4-8-19-12/h4-9H,3,10H2,1-2H3. The van der Waals surface area contributed by atoms with Gasteiger partial charge in [0.05, 0.1) is 18.7 Å². The Morgan fingerprint density at radius 2 is 2.26 bits per heavy atom. The molecule has 0 bridgehead atoms. The lowest BCUT2D eigenvalue weighted by Crippen LogP contribution is -2.17. The Balaban J connectivity index is 2.03. The Bertz CT molecular complexity index is 523. The molecule has 4 nitrogen and oxygen atoms in total. The monoisotopic (exact) mass is 276 g/mol. The lowest BCUT2D eigenvalue weighted by atomic mass is 10.3. The van der Waals surface area contributed by atoms with E-state index in [4.69, 9.17) is 4.74 Å². The molecular weight excluding hydrogens is 260 g/mol. The molecule has 0 aliphatic rings. The maximum absolute atomic E-state index is 11.5. The molecule has 0 radical (unpaired) electrons. The molecule has 2 aromatic heterocycles. The SMILES string of the molecule is CCOC(=O)c1ccc(N(C)Cc2cccs2)nc1. The second kappa shape index (κ2) is 6.33. The number of nitrogens with zero attached hydrogens (tertiary/aromatic N) is 2. The number of aromatic nitrogens is 1. The van der Waals surface area contributed by atoms with Crippen LogP contribution in [0.15, 0.2) is 35.8 Å². The summed E-state index contributed by atoms with van der Waals surface area (Å²) in [6.07, 6.45) is 1.55. The van der Waals surface area contributed by atoms with Crippen LogP contribution in [0, 0.1) is 0 Å². The number of hydrogen-bond donors (Lipinski definition) is 0. The van der Waals surface area contributed by atoms with E-state index >= 15 is 0 Å². The van der Waals surface area contributed by atoms with Gasteiger partial charge in [-0.25, -0.2) is 9.78 Å². The van der Waals surface area contributed by atoms with Crippen molar-refractivity contribution in [2.45, 2.75) is 13.5 Å². The van der Waals surface area contributed by atoms with Crippen LogP contribution in [0.1, 0.15) is 22.2 Å². The minimum Gasteiger partial charge on any atom is -0.462 e. The third-order valence-electron chi connectivity index (χ3n) is 2.62. The zero-order chi connectivity index (χ0) is 13.7. The van der Waals surface area contributed by atoms with Crippen molar-refractivity contribution in [3.63, 3.8) is 0 Å². The largest absolute Gasteiger partial charge is 0.462 e. The molecule has 0 saturated heterocycles. The molecule has 2 aromatic rings. The fourth-order valence-corrected chi connectivity index (χ4v) is 2.42. The molecule has 0 saturated carbocycles. The maximum atomic E-state index is 11.5. The Hall–Kier alpha value is -1.88. The molecule has 0 aromatic carbocycles. The molecule has 19 heavy (non-hydrogen) atoms. The fraction of sp³-hybridized carbons (Fsp3) is 0.286. The number of pyridine rings is 1. The van der Waals surface area contributed by atoms with Gasteiger partial charge in [-0.05, 0) is 30.5 Å². The summed E-state index contributed by atoms with van der Waals surface area (Å²) in [5, 5.41) is 2.06. The van der Waals surface area contributed by atoms with Crippen molar-refractivity contribution in [1.29, 1.82) is 0 Å². The fourth-order valence-electron chi connectivity index (χ4n) is 1.66. The molecular formula is C14H16N2O2S. The first-order valence-corrected chi connectivity index (χ1v) is 6.95. The van der Waals surface area contributed by atoms with Crippen molar-refractivity contribution < 1.29 is 9.53 Å². The number of thiophene rings is 1. The van der Waals surface area contributed by atoms with Gasteiger partial charge in [-0.2, -0.15) is 0 Å². The van der Waals surface area contributed by atoms with E-state index in [0.717, 1.165) is 12.4 Å². The Morgan fingerprint density at radius 1 is 1.42 bits per heavy atom. The van der Waals surface area contributed by atoms with E-state index in [9.17, 15) is 4.79 Å². The highest BCUT2D eigenvalue weighted by Gasteiger charge is 2.09. The van der Waals surface area contributed by atoms with Gasteiger partial charge in [0.25, 0.3) is 0 Å². The Kier molecular flexibility index (Phi) is 4.52. The normalized spacial score (nSPS) is 10.2. The minimum absolute atomic E-state index is 0.331. The molecule has 0 aliphatic carbocycles. The molecule has 0 spiro atoms. The van der Waals surface area contributed by atoms with Crippen LogP contribution >= 0.6 is 11.3 Å². The first-order chi connectivity index (χ1) is 9.20. The quantitative estimate of drug-likeness (QED) is 0.787. The van der Waals surface area contributed by atoms with Gasteiger partial charge in [-0.3, -0.25) is 0 Å². The van der Waals surface area contributed by atoms with Crippen LogP contribution in [0.25, 0.3) is 0 Å². The summed E-state index contributed by atoms with van der Waals surface area (Å²) in [7, 11) is 1.98. The van der Waals surface area contributed by atoms with E-state index in [1.54, 1.807) is 30.5 Å². The molecule has 0 N–H and O–H groups in total. The minimum atomic E-state index is -0.331. The van der Waals surface area contributed by atoms with E-state index in [2.05, 4.69) is 16.4 Å². The van der Waals surface area contributed by atoms with Gasteiger partial charge in [0, 0.05) is 18.1 Å². The lowest BCUT2D eigenvalue weighted by molar-refractivity contribution is 0.0526. The zero-order valence-electron chi connectivity index (χ0n) is 11.0. The average molecular weight is 276 g/mol. The molecule has 5 heteroatoms. The summed E-state index contributed by atoms with van der Waals surface area (Å²) in [4.78, 5) is 19.1. The van der Waals surface area contributed by atoms with Gasteiger partial charge < -0.3 is 9.64 Å². The van der Waals surface area contributed by atoms with Gasteiger partial charge in [0.1, 0.15) is 5.82 Å². The van der Waals surface area contributed by atoms with Crippen LogP contribution in [0.4, 0.5) is 5.82 Å². The third kappa shape index (κ3) is 3.54. The van der Waals surface area contributed by atoms with Crippen LogP contribution in [0.2, 0.25) is 0 Å². The molecule has 0 aliphatic heterocycles. The number of esters is 1. The number of ether oxygens (including phenoxy) is 1. The molecule has 2 rings (SSSR count). The summed E-state index contributed by atoms with van der Waals surface area (Å²) in [6.45, 7) is 2.97. The number of rotatable bonds is 5. The van der Waals surface area contributed by atoms with Gasteiger partial charge in [0.2, 0.25) is 0 Å². The van der Waals surface area contributed by atoms with E-state index in [1.807, 2.05) is 24.1 Å². The highest BCUT2D eigenvalue weighted by Crippen LogP contribution is 2.16. The van der Waals surface area contributed by atoms with E-state index in [0.29, 0.717) is 12.2 Å². The number of carbonyl (C=O) groups excluding carboxylic acids is 1. The van der Waals surface area contributed by atoms with E-state index in [1.165, 1.54) is 4.88 Å². The molecule has 0 atom stereocenters. The van der Waals surface area contributed by atoms with Crippen LogP contribution in [-0.4, -0.2) is 24.6 Å². The maximum Gasteiger partial charge on any atom is 0.339 e. The van der Waals surface area contributed by atoms with Crippen LogP contribution in [0.5, 0.6) is 0 Å². The third-order valence-corrected chi connectivity index (χ3v) is 3.48. The summed E-state index contributed by atoms with van der Waals surface area (Å²) in [5.74, 6) is 0.504. The van der Waals surface area contributed by atoms with Crippen molar-refractivity contribution in [2.75, 3.05) is 18.6 Å². The second-order valence-electron chi connectivity index (χ2n) is 4.06. The predicted octanol–water partition coefficient (Wildman–Crippen LogP) is 2.96. The second-order valence-corrected chi connectivity index (χ2v) is 5.09. The predicted molar refractivity (Wildman–Crippen MR) is 76.6 cm³/mol. The Labute approximate surface area is 116 Å². The highest BCUT2D eigenvalue weighted by atomic mass is 32.1. The molecule has 0 fully saturated rings. The summed E-state index contributed by atoms with van der Waals surface area (Å²) in [5.41, 5.74) is 0.482. The topological polar surface area (TPSA) is 42.4 Å². The summed E-state index contributed by atoms with van der Waals surface area (Å²) in [6, 6.07) is 7.70. The molecule has 2 heterocycles. The van der Waals surface area contributed by atoms with E-state index in [-0.39, 0.29) is 5.97 Å². The number of carbonyl (C=O) groups is 1. The smallest absolute Gasteiger partial charge is 0.339 e. The summed E-state index contributed by atoms with van der Waals surface area (Å²) >= 11 is 1.72. The molecule has 100 valence electrons. The van der Waals surface area contributed by atoms with Crippen LogP contribution in [-0.2, 0) is 11.3 Å². The molecule has 0 unspecified atom stereocenters. The van der Waals surface area contributed by atoms with Crippen molar-refractivity contribution in [1.82, 2.24) is 4.98 Å². The van der Waals surface area contributed by atoms with Crippen LogP contribution < -0.4 is 4.90 Å². The van der Waals surface area contributed by atoms with Crippen LogP contribution in [0.3, 0.4) is 0 Å². The zero-order valence-corrected chi connectivity index (χ0v) is 11.8. The van der Waals surface area contributed by atoms with Crippen molar-refractivity contribution >= 4 is 23.1 Å². The van der Waals surface area contributed by atoms with Gasteiger partial charge >= 0.3 is 5.97 Å². The van der Waals surface area contributed by atoms with Crippen molar-refractivity contribution in [3.05, 3.63) is 46.3 Å². The summed E-state index contributed by atoms with van der Waals surface area (Å²) < 4.78 is 4.92. The number of hydrogen-bond acceptors (Lipinski definition) is 5.